The first-order valence-electron chi connectivity index (χ1n) is 7.96. The predicted octanol–water partition coefficient (Wildman–Crippen LogP) is 3.88. The summed E-state index contributed by atoms with van der Waals surface area (Å²) in [6.45, 7) is 0. The third-order valence-corrected chi connectivity index (χ3v) is 4.22. The number of hydrogen-bond donors (Lipinski definition) is 1. The molecule has 0 aliphatic heterocycles. The number of carbonyl (C=O) groups excluding carboxylic acids is 2. The van der Waals surface area contributed by atoms with Gasteiger partial charge < -0.3 is 10.1 Å². The maximum atomic E-state index is 12.7. The predicted molar refractivity (Wildman–Crippen MR) is 94.7 cm³/mol. The number of ether oxygens (including phenoxy) is 1. The molecule has 26 heavy (non-hydrogen) atoms. The molecule has 1 saturated carbocycles. The number of nitrogens with one attached hydrogen (secondary N) is 1. The van der Waals surface area contributed by atoms with E-state index in [4.69, 9.17) is 16.3 Å². The molecular formula is C18H15ClN2O5. The Morgan fingerprint density at radius 2 is 1.88 bits per heavy atom. The van der Waals surface area contributed by atoms with Gasteiger partial charge in [-0.2, -0.15) is 0 Å². The number of nitro groups is 1. The van der Waals surface area contributed by atoms with Gasteiger partial charge in [0.1, 0.15) is 0 Å². The molecule has 1 aliphatic rings. The van der Waals surface area contributed by atoms with E-state index >= 15 is 0 Å². The van der Waals surface area contributed by atoms with Gasteiger partial charge in [0.25, 0.3) is 11.6 Å². The molecule has 1 atom stereocenters. The van der Waals surface area contributed by atoms with Gasteiger partial charge in [0.15, 0.2) is 0 Å². The van der Waals surface area contributed by atoms with Gasteiger partial charge in [-0.1, -0.05) is 41.9 Å². The van der Waals surface area contributed by atoms with Crippen molar-refractivity contribution >= 4 is 34.9 Å². The number of esters is 1. The summed E-state index contributed by atoms with van der Waals surface area (Å²) in [5.41, 5.74) is 0.537. The minimum absolute atomic E-state index is 0.0212. The van der Waals surface area contributed by atoms with Crippen molar-refractivity contribution in [1.82, 2.24) is 0 Å². The first-order valence-corrected chi connectivity index (χ1v) is 8.34. The molecule has 2 aromatic carbocycles. The molecule has 1 fully saturated rings. The number of halogens is 1. The average Bonchev–Trinajstić information content (AvgIpc) is 3.47. The Hall–Kier alpha value is -2.93. The van der Waals surface area contributed by atoms with Gasteiger partial charge in [-0.25, -0.2) is 0 Å². The molecule has 0 spiro atoms. The molecule has 134 valence electrons. The van der Waals surface area contributed by atoms with Crippen LogP contribution in [0.15, 0.2) is 48.5 Å². The van der Waals surface area contributed by atoms with E-state index in [9.17, 15) is 19.7 Å². The molecule has 3 rings (SSSR count). The van der Waals surface area contributed by atoms with E-state index in [-0.39, 0.29) is 22.3 Å². The van der Waals surface area contributed by atoms with Crippen molar-refractivity contribution in [2.24, 2.45) is 5.92 Å². The second kappa shape index (κ2) is 7.53. The number of benzene rings is 2. The molecular weight excluding hydrogens is 360 g/mol. The van der Waals surface area contributed by atoms with Crippen LogP contribution in [0.1, 0.15) is 24.5 Å². The first-order chi connectivity index (χ1) is 12.5. The van der Waals surface area contributed by atoms with Gasteiger partial charge in [-0.05, 0) is 18.9 Å². The number of anilines is 1. The van der Waals surface area contributed by atoms with Crippen molar-refractivity contribution in [3.8, 4) is 0 Å². The normalized spacial score (nSPS) is 14.3. The third-order valence-electron chi connectivity index (χ3n) is 3.91. The summed E-state index contributed by atoms with van der Waals surface area (Å²) in [5.74, 6) is -1.15. The molecule has 2 aromatic rings. The first kappa shape index (κ1) is 17.9. The van der Waals surface area contributed by atoms with Gasteiger partial charge >= 0.3 is 5.97 Å². The van der Waals surface area contributed by atoms with Crippen LogP contribution in [0.4, 0.5) is 11.4 Å². The monoisotopic (exact) mass is 374 g/mol. The molecule has 0 heterocycles. The molecule has 0 saturated heterocycles. The van der Waals surface area contributed by atoms with Gasteiger partial charge in [0, 0.05) is 17.7 Å². The highest BCUT2D eigenvalue weighted by molar-refractivity contribution is 6.34. The number of carbonyl (C=O) groups is 2. The molecule has 1 N–H and O–H groups in total. The van der Waals surface area contributed by atoms with Crippen LogP contribution >= 0.6 is 11.6 Å². The molecule has 0 aromatic heterocycles. The van der Waals surface area contributed by atoms with Crippen molar-refractivity contribution in [1.29, 1.82) is 0 Å². The maximum Gasteiger partial charge on any atom is 0.310 e. The molecule has 0 radical (unpaired) electrons. The van der Waals surface area contributed by atoms with Crippen LogP contribution in [0.25, 0.3) is 0 Å². The molecule has 0 unspecified atom stereocenters. The topological polar surface area (TPSA) is 98.5 Å². The van der Waals surface area contributed by atoms with Crippen molar-refractivity contribution in [3.05, 3.63) is 69.2 Å². The Morgan fingerprint density at radius 1 is 1.19 bits per heavy atom. The van der Waals surface area contributed by atoms with E-state index < -0.39 is 22.9 Å². The Kier molecular flexibility index (Phi) is 5.18. The van der Waals surface area contributed by atoms with Crippen molar-refractivity contribution in [3.63, 3.8) is 0 Å². The van der Waals surface area contributed by atoms with Crippen LogP contribution in [0.2, 0.25) is 5.02 Å². The molecule has 1 aliphatic carbocycles. The minimum atomic E-state index is -1.13. The van der Waals surface area contributed by atoms with Crippen LogP contribution in [0.3, 0.4) is 0 Å². The largest absolute Gasteiger partial charge is 0.447 e. The average molecular weight is 375 g/mol. The van der Waals surface area contributed by atoms with Crippen LogP contribution < -0.4 is 5.32 Å². The summed E-state index contributed by atoms with van der Waals surface area (Å²) < 4.78 is 5.39. The maximum absolute atomic E-state index is 12.7. The zero-order valence-corrected chi connectivity index (χ0v) is 14.3. The number of non-ortho nitro benzene ring substituents is 1. The van der Waals surface area contributed by atoms with E-state index in [1.165, 1.54) is 12.1 Å². The highest BCUT2D eigenvalue weighted by Gasteiger charge is 2.35. The van der Waals surface area contributed by atoms with Crippen LogP contribution in [0, 0.1) is 16.0 Å². The van der Waals surface area contributed by atoms with Crippen molar-refractivity contribution in [2.75, 3.05) is 5.32 Å². The zero-order chi connectivity index (χ0) is 18.7. The summed E-state index contributed by atoms with van der Waals surface area (Å²) in [6.07, 6.45) is 0.391. The smallest absolute Gasteiger partial charge is 0.310 e. The van der Waals surface area contributed by atoms with Gasteiger partial charge in [-0.15, -0.1) is 0 Å². The van der Waals surface area contributed by atoms with Crippen LogP contribution in [-0.4, -0.2) is 16.8 Å². The number of nitrogens with zero attached hydrogens (tertiary/aromatic N) is 1. The number of rotatable bonds is 6. The molecule has 7 nitrogen and oxygen atoms in total. The lowest BCUT2D eigenvalue weighted by molar-refractivity contribution is -0.384. The molecule has 1 amide bonds. The second-order valence-electron chi connectivity index (χ2n) is 5.91. The zero-order valence-electron chi connectivity index (χ0n) is 13.6. The lowest BCUT2D eigenvalue weighted by atomic mass is 10.1. The van der Waals surface area contributed by atoms with Gasteiger partial charge in [0.05, 0.1) is 21.6 Å². The summed E-state index contributed by atoms with van der Waals surface area (Å²) in [6, 6.07) is 12.3. The summed E-state index contributed by atoms with van der Waals surface area (Å²) in [7, 11) is 0. The summed E-state index contributed by atoms with van der Waals surface area (Å²) >= 11 is 6.01. The van der Waals surface area contributed by atoms with Gasteiger partial charge in [-0.3, -0.25) is 19.7 Å². The van der Waals surface area contributed by atoms with E-state index in [1.807, 2.05) is 0 Å². The highest BCUT2D eigenvalue weighted by Crippen LogP contribution is 2.33. The fourth-order valence-electron chi connectivity index (χ4n) is 2.35. The van der Waals surface area contributed by atoms with Crippen LogP contribution in [-0.2, 0) is 14.3 Å². The Balaban J connectivity index is 1.81. The quantitative estimate of drug-likeness (QED) is 0.470. The fraction of sp³-hybridized carbons (Fsp3) is 0.222. The van der Waals surface area contributed by atoms with E-state index in [1.54, 1.807) is 30.3 Å². The molecule has 8 heteroatoms. The highest BCUT2D eigenvalue weighted by atomic mass is 35.5. The fourth-order valence-corrected chi connectivity index (χ4v) is 2.57. The van der Waals surface area contributed by atoms with E-state index in [0.29, 0.717) is 5.56 Å². The number of nitro benzene ring substituents is 1. The lowest BCUT2D eigenvalue weighted by Crippen LogP contribution is -2.26. The Morgan fingerprint density at radius 3 is 2.46 bits per heavy atom. The van der Waals surface area contributed by atoms with Crippen LogP contribution in [0.5, 0.6) is 0 Å². The van der Waals surface area contributed by atoms with Gasteiger partial charge in [0.2, 0.25) is 6.10 Å². The third kappa shape index (κ3) is 4.18. The number of amides is 1. The summed E-state index contributed by atoms with van der Waals surface area (Å²) in [5, 5.41) is 13.4. The lowest BCUT2D eigenvalue weighted by Gasteiger charge is -2.18. The molecule has 0 bridgehead atoms. The Labute approximate surface area is 154 Å². The second-order valence-corrected chi connectivity index (χ2v) is 6.32. The minimum Gasteiger partial charge on any atom is -0.447 e. The van der Waals surface area contributed by atoms with Crippen molar-refractivity contribution < 1.29 is 19.2 Å². The Bertz CT molecular complexity index is 852. The van der Waals surface area contributed by atoms with E-state index in [0.717, 1.165) is 18.9 Å². The number of hydrogen-bond acceptors (Lipinski definition) is 5. The van der Waals surface area contributed by atoms with E-state index in [2.05, 4.69) is 5.32 Å². The summed E-state index contributed by atoms with van der Waals surface area (Å²) in [4.78, 5) is 34.9. The standard InChI is InChI=1S/C18H15ClN2O5/c19-14-10-13(21(24)25)8-9-15(14)20-17(22)16(11-4-2-1-3-5-11)26-18(23)12-6-7-12/h1-5,8-10,12,16H,6-7H2,(H,20,22)/t16-/m1/s1. The SMILES string of the molecule is O=C(O[C@@H](C(=O)Nc1ccc([N+](=O)[O-])cc1Cl)c1ccccc1)C1CC1. The van der Waals surface area contributed by atoms with Crippen molar-refractivity contribution in [2.45, 2.75) is 18.9 Å².